The van der Waals surface area contributed by atoms with E-state index in [1.54, 1.807) is 6.07 Å². The summed E-state index contributed by atoms with van der Waals surface area (Å²) in [4.78, 5) is 62.1. The van der Waals surface area contributed by atoms with E-state index in [0.717, 1.165) is 11.0 Å². The third kappa shape index (κ3) is 5.07. The van der Waals surface area contributed by atoms with Crippen LogP contribution in [0.5, 0.6) is 0 Å². The zero-order valence-electron chi connectivity index (χ0n) is 18.6. The third-order valence-corrected chi connectivity index (χ3v) is 4.81. The van der Waals surface area contributed by atoms with Crippen LogP contribution in [0.3, 0.4) is 0 Å². The van der Waals surface area contributed by atoms with Gasteiger partial charge in [-0.3, -0.25) is 23.7 Å². The lowest BCUT2D eigenvalue weighted by Crippen LogP contribution is -2.43. The van der Waals surface area contributed by atoms with Gasteiger partial charge >= 0.3 is 11.4 Å². The third-order valence-electron chi connectivity index (χ3n) is 4.81. The van der Waals surface area contributed by atoms with Crippen LogP contribution in [-0.4, -0.2) is 41.7 Å². The Labute approximate surface area is 187 Å². The molecule has 0 radical (unpaired) electrons. The average molecular weight is 458 g/mol. The SMILES string of the molecule is CCCCN(C(=O)Cn1c(-c2ncccn2)noc1=O)c1c(N)n(CC(C)C)c(=O)[nH]c1=O. The van der Waals surface area contributed by atoms with Gasteiger partial charge in [0.2, 0.25) is 11.7 Å². The summed E-state index contributed by atoms with van der Waals surface area (Å²) in [6.45, 7) is 5.61. The van der Waals surface area contributed by atoms with Gasteiger partial charge in [-0.25, -0.2) is 24.1 Å². The summed E-state index contributed by atoms with van der Waals surface area (Å²) in [5, 5.41) is 3.67. The molecule has 0 aliphatic carbocycles. The summed E-state index contributed by atoms with van der Waals surface area (Å²) in [7, 11) is 0. The first-order valence-electron chi connectivity index (χ1n) is 10.5. The number of H-pyrrole nitrogens is 1. The van der Waals surface area contributed by atoms with Crippen LogP contribution in [0.1, 0.15) is 33.6 Å². The minimum atomic E-state index is -0.882. The van der Waals surface area contributed by atoms with E-state index >= 15 is 0 Å². The molecule has 13 nitrogen and oxygen atoms in total. The molecule has 3 aromatic heterocycles. The van der Waals surface area contributed by atoms with E-state index in [1.165, 1.54) is 21.9 Å². The number of hydrogen-bond donors (Lipinski definition) is 2. The fraction of sp³-hybridized carbons (Fsp3) is 0.450. The van der Waals surface area contributed by atoms with Crippen LogP contribution < -0.4 is 27.6 Å². The van der Waals surface area contributed by atoms with Crippen molar-refractivity contribution in [1.29, 1.82) is 0 Å². The number of nitrogens with one attached hydrogen (secondary N) is 1. The van der Waals surface area contributed by atoms with Crippen LogP contribution >= 0.6 is 0 Å². The smallest absolute Gasteiger partial charge is 0.383 e. The number of carbonyl (C=O) groups excluding carboxylic acids is 1. The number of amides is 1. The van der Waals surface area contributed by atoms with Crippen molar-refractivity contribution in [1.82, 2.24) is 29.2 Å². The Bertz CT molecular complexity index is 1290. The second-order valence-electron chi connectivity index (χ2n) is 7.83. The van der Waals surface area contributed by atoms with E-state index in [0.29, 0.717) is 6.42 Å². The highest BCUT2D eigenvalue weighted by atomic mass is 16.5. The molecule has 176 valence electrons. The Morgan fingerprint density at radius 3 is 2.55 bits per heavy atom. The van der Waals surface area contributed by atoms with Gasteiger partial charge in [-0.15, -0.1) is 0 Å². The Balaban J connectivity index is 2.05. The van der Waals surface area contributed by atoms with E-state index in [4.69, 9.17) is 10.3 Å². The van der Waals surface area contributed by atoms with Crippen LogP contribution in [0, 0.1) is 5.92 Å². The molecule has 1 amide bonds. The van der Waals surface area contributed by atoms with Gasteiger partial charge in [0.1, 0.15) is 12.4 Å². The topological polar surface area (TPSA) is 175 Å². The van der Waals surface area contributed by atoms with Crippen LogP contribution in [-0.2, 0) is 17.9 Å². The minimum absolute atomic E-state index is 0.0314. The predicted octanol–water partition coefficient (Wildman–Crippen LogP) is 0.215. The van der Waals surface area contributed by atoms with Gasteiger partial charge in [0.15, 0.2) is 11.5 Å². The summed E-state index contributed by atoms with van der Waals surface area (Å²) in [6.07, 6.45) is 4.20. The zero-order valence-corrected chi connectivity index (χ0v) is 18.6. The highest BCUT2D eigenvalue weighted by molar-refractivity contribution is 5.95. The molecule has 33 heavy (non-hydrogen) atoms. The molecule has 0 spiro atoms. The van der Waals surface area contributed by atoms with Crippen molar-refractivity contribution in [3.05, 3.63) is 49.8 Å². The Kier molecular flexibility index (Phi) is 7.20. The number of aromatic nitrogens is 6. The Morgan fingerprint density at radius 2 is 1.91 bits per heavy atom. The summed E-state index contributed by atoms with van der Waals surface area (Å²) in [6, 6.07) is 1.59. The molecule has 3 N–H and O–H groups in total. The van der Waals surface area contributed by atoms with Crippen LogP contribution in [0.2, 0.25) is 0 Å². The standard InChI is InChI=1S/C20H26N8O5/c1-4-5-9-26(14-15(21)27(10-12(2)3)19(31)24-18(14)30)13(29)11-28-17(25-33-20(28)32)16-22-7-6-8-23-16/h6-8,12H,4-5,9-11,21H2,1-3H3,(H,24,30,31). The highest BCUT2D eigenvalue weighted by Gasteiger charge is 2.26. The van der Waals surface area contributed by atoms with Crippen molar-refractivity contribution >= 4 is 17.4 Å². The van der Waals surface area contributed by atoms with Gasteiger partial charge in [-0.05, 0) is 18.4 Å². The van der Waals surface area contributed by atoms with Gasteiger partial charge in [0.25, 0.3) is 5.56 Å². The van der Waals surface area contributed by atoms with Gasteiger partial charge in [0, 0.05) is 25.5 Å². The summed E-state index contributed by atoms with van der Waals surface area (Å²) < 4.78 is 6.91. The molecule has 0 fully saturated rings. The first-order valence-corrected chi connectivity index (χ1v) is 10.5. The molecule has 13 heteroatoms. The maximum absolute atomic E-state index is 13.3. The average Bonchev–Trinajstić information content (AvgIpc) is 3.13. The molecule has 3 aromatic rings. The minimum Gasteiger partial charge on any atom is -0.383 e. The molecule has 0 aliphatic heterocycles. The van der Waals surface area contributed by atoms with E-state index in [-0.39, 0.29) is 42.2 Å². The van der Waals surface area contributed by atoms with E-state index < -0.39 is 29.5 Å². The first kappa shape index (κ1) is 23.6. The van der Waals surface area contributed by atoms with Gasteiger partial charge in [-0.1, -0.05) is 32.3 Å². The fourth-order valence-electron chi connectivity index (χ4n) is 3.27. The Hall–Kier alpha value is -4.03. The molecule has 0 unspecified atom stereocenters. The van der Waals surface area contributed by atoms with Crippen molar-refractivity contribution in [3.8, 4) is 11.6 Å². The molecule has 0 saturated heterocycles. The van der Waals surface area contributed by atoms with Crippen molar-refractivity contribution in [2.24, 2.45) is 5.92 Å². The number of unbranched alkanes of at least 4 members (excludes halogenated alkanes) is 1. The molecule has 0 aromatic carbocycles. The van der Waals surface area contributed by atoms with Crippen LogP contribution in [0.4, 0.5) is 11.5 Å². The van der Waals surface area contributed by atoms with Crippen molar-refractivity contribution in [3.63, 3.8) is 0 Å². The number of nitrogens with two attached hydrogens (primary N) is 1. The van der Waals surface area contributed by atoms with Crippen LogP contribution in [0.15, 0.2) is 37.4 Å². The molecule has 3 heterocycles. The number of rotatable bonds is 9. The van der Waals surface area contributed by atoms with E-state index in [2.05, 4.69) is 20.1 Å². The highest BCUT2D eigenvalue weighted by Crippen LogP contribution is 2.19. The molecule has 0 saturated carbocycles. The second-order valence-corrected chi connectivity index (χ2v) is 7.83. The van der Waals surface area contributed by atoms with Gasteiger partial charge in [0.05, 0.1) is 0 Å². The molecule has 0 bridgehead atoms. The number of anilines is 2. The predicted molar refractivity (Wildman–Crippen MR) is 120 cm³/mol. The van der Waals surface area contributed by atoms with Gasteiger partial charge < -0.3 is 10.6 Å². The monoisotopic (exact) mass is 458 g/mol. The van der Waals surface area contributed by atoms with Crippen molar-refractivity contribution in [2.45, 2.75) is 46.7 Å². The molecule has 3 rings (SSSR count). The van der Waals surface area contributed by atoms with E-state index in [9.17, 15) is 19.2 Å². The lowest BCUT2D eigenvalue weighted by molar-refractivity contribution is -0.119. The zero-order chi connectivity index (χ0) is 24.1. The summed E-state index contributed by atoms with van der Waals surface area (Å²) in [5.74, 6) is -1.49. The fourth-order valence-corrected chi connectivity index (χ4v) is 3.27. The largest absolute Gasteiger partial charge is 0.442 e. The first-order chi connectivity index (χ1) is 15.7. The quantitative estimate of drug-likeness (QED) is 0.454. The maximum Gasteiger partial charge on any atom is 0.442 e. The molecule has 0 atom stereocenters. The van der Waals surface area contributed by atoms with Gasteiger partial charge in [-0.2, -0.15) is 0 Å². The number of nitrogen functional groups attached to an aromatic ring is 1. The van der Waals surface area contributed by atoms with Crippen LogP contribution in [0.25, 0.3) is 11.6 Å². The molecular weight excluding hydrogens is 432 g/mol. The normalized spacial score (nSPS) is 11.2. The summed E-state index contributed by atoms with van der Waals surface area (Å²) >= 11 is 0. The molecule has 0 aliphatic rings. The van der Waals surface area contributed by atoms with E-state index in [1.807, 2.05) is 20.8 Å². The Morgan fingerprint density at radius 1 is 1.21 bits per heavy atom. The number of hydrogen-bond acceptors (Lipinski definition) is 9. The second kappa shape index (κ2) is 10.1. The summed E-state index contributed by atoms with van der Waals surface area (Å²) in [5.41, 5.74) is 4.61. The lowest BCUT2D eigenvalue weighted by Gasteiger charge is -2.25. The lowest BCUT2D eigenvalue weighted by atomic mass is 10.2. The van der Waals surface area contributed by atoms with Crippen molar-refractivity contribution in [2.75, 3.05) is 17.2 Å². The van der Waals surface area contributed by atoms with Crippen molar-refractivity contribution < 1.29 is 9.32 Å². The maximum atomic E-state index is 13.3. The number of aromatic amines is 1. The number of nitrogens with zero attached hydrogens (tertiary/aromatic N) is 6. The number of carbonyl (C=O) groups is 1. The molecular formula is C20H26N8O5.